The van der Waals surface area contributed by atoms with E-state index in [9.17, 15) is 4.79 Å². The maximum Gasteiger partial charge on any atom is 0.248 e. The Balaban J connectivity index is 1.62. The third-order valence-electron chi connectivity index (χ3n) is 5.50. The summed E-state index contributed by atoms with van der Waals surface area (Å²) in [5, 5.41) is 10.5. The number of carbonyl (C=O) groups is 1. The Morgan fingerprint density at radius 3 is 2.58 bits per heavy atom. The summed E-state index contributed by atoms with van der Waals surface area (Å²) in [5.41, 5.74) is 2.45. The summed E-state index contributed by atoms with van der Waals surface area (Å²) in [6.07, 6.45) is 0. The minimum absolute atomic E-state index is 0.000165. The zero-order valence-electron chi connectivity index (χ0n) is 17.0. The third kappa shape index (κ3) is 3.58. The number of piperazine rings is 1. The maximum absolute atomic E-state index is 12.2. The molecule has 0 N–H and O–H groups in total. The van der Waals surface area contributed by atoms with Gasteiger partial charge in [0.1, 0.15) is 6.61 Å². The number of amides is 1. The molecule has 1 amide bonds. The molecule has 0 saturated carbocycles. The second-order valence-electron chi connectivity index (χ2n) is 7.42. The number of aromatic nitrogens is 4. The van der Waals surface area contributed by atoms with Gasteiger partial charge in [-0.15, -0.1) is 10.2 Å². The SMILES string of the molecule is COCC(=O)N1CCN(c2nc3cc(Cl)ccc3c3nnc(-c4ccccc4)n23)CC1. The number of carbonyl (C=O) groups excluding carboxylic acids is 1. The van der Waals surface area contributed by atoms with Crippen LogP contribution in [-0.4, -0.2) is 70.3 Å². The van der Waals surface area contributed by atoms with E-state index in [-0.39, 0.29) is 12.5 Å². The van der Waals surface area contributed by atoms with E-state index in [2.05, 4.69) is 15.1 Å². The minimum atomic E-state index is -0.000165. The summed E-state index contributed by atoms with van der Waals surface area (Å²) in [5.74, 6) is 1.47. The number of benzene rings is 2. The Bertz CT molecular complexity index is 1250. The van der Waals surface area contributed by atoms with Gasteiger partial charge in [-0.05, 0) is 18.2 Å². The molecule has 9 heteroatoms. The van der Waals surface area contributed by atoms with Crippen molar-refractivity contribution < 1.29 is 9.53 Å². The van der Waals surface area contributed by atoms with Gasteiger partial charge in [0.15, 0.2) is 11.5 Å². The molecular weight excluding hydrogens is 416 g/mol. The molecule has 1 fully saturated rings. The van der Waals surface area contributed by atoms with Crippen LogP contribution in [0.1, 0.15) is 0 Å². The number of fused-ring (bicyclic) bond motifs is 3. The lowest BCUT2D eigenvalue weighted by atomic mass is 10.2. The maximum atomic E-state index is 12.2. The zero-order valence-corrected chi connectivity index (χ0v) is 17.8. The van der Waals surface area contributed by atoms with E-state index in [4.69, 9.17) is 21.3 Å². The van der Waals surface area contributed by atoms with Crippen molar-refractivity contribution in [3.8, 4) is 11.4 Å². The monoisotopic (exact) mass is 436 g/mol. The lowest BCUT2D eigenvalue weighted by molar-refractivity contribution is -0.135. The standard InChI is InChI=1S/C22H21ClN6O2/c1-31-14-19(30)27-9-11-28(12-10-27)22-24-18-13-16(23)7-8-17(18)21-26-25-20(29(21)22)15-5-3-2-4-6-15/h2-8,13H,9-12,14H2,1H3. The normalized spacial score (nSPS) is 14.5. The molecule has 2 aromatic heterocycles. The smallest absolute Gasteiger partial charge is 0.248 e. The average Bonchev–Trinajstić information content (AvgIpc) is 3.24. The molecule has 2 aromatic carbocycles. The van der Waals surface area contributed by atoms with E-state index in [0.717, 1.165) is 33.9 Å². The Morgan fingerprint density at radius 1 is 1.06 bits per heavy atom. The van der Waals surface area contributed by atoms with Crippen LogP contribution in [-0.2, 0) is 9.53 Å². The largest absolute Gasteiger partial charge is 0.375 e. The first-order valence-corrected chi connectivity index (χ1v) is 10.4. The van der Waals surface area contributed by atoms with Crippen molar-refractivity contribution in [1.82, 2.24) is 24.5 Å². The number of hydrogen-bond donors (Lipinski definition) is 0. The van der Waals surface area contributed by atoms with Crippen LogP contribution in [0, 0.1) is 0 Å². The summed E-state index contributed by atoms with van der Waals surface area (Å²) >= 11 is 6.24. The molecule has 0 spiro atoms. The van der Waals surface area contributed by atoms with Gasteiger partial charge in [-0.1, -0.05) is 41.9 Å². The van der Waals surface area contributed by atoms with Gasteiger partial charge in [-0.25, -0.2) is 9.38 Å². The summed E-state index contributed by atoms with van der Waals surface area (Å²) in [6, 6.07) is 15.5. The van der Waals surface area contributed by atoms with Gasteiger partial charge < -0.3 is 14.5 Å². The lowest BCUT2D eigenvalue weighted by Crippen LogP contribution is -2.50. The average molecular weight is 437 g/mol. The number of halogens is 1. The van der Waals surface area contributed by atoms with Crippen LogP contribution in [0.25, 0.3) is 27.9 Å². The first-order valence-electron chi connectivity index (χ1n) is 10.1. The summed E-state index contributed by atoms with van der Waals surface area (Å²) in [6.45, 7) is 2.59. The van der Waals surface area contributed by atoms with Crippen molar-refractivity contribution in [3.63, 3.8) is 0 Å². The van der Waals surface area contributed by atoms with E-state index in [1.54, 1.807) is 0 Å². The Kier molecular flexibility index (Phi) is 5.17. The lowest BCUT2D eigenvalue weighted by Gasteiger charge is -2.35. The highest BCUT2D eigenvalue weighted by Crippen LogP contribution is 2.30. The van der Waals surface area contributed by atoms with Crippen LogP contribution in [0.15, 0.2) is 48.5 Å². The molecule has 1 saturated heterocycles. The summed E-state index contributed by atoms with van der Waals surface area (Å²) in [4.78, 5) is 21.1. The molecule has 5 rings (SSSR count). The van der Waals surface area contributed by atoms with E-state index in [1.165, 1.54) is 7.11 Å². The molecule has 1 aliphatic heterocycles. The molecule has 158 valence electrons. The van der Waals surface area contributed by atoms with Crippen molar-refractivity contribution in [2.75, 3.05) is 44.8 Å². The Hall–Kier alpha value is -3.23. The number of nitrogens with zero attached hydrogens (tertiary/aromatic N) is 6. The number of rotatable bonds is 4. The van der Waals surface area contributed by atoms with Crippen LogP contribution < -0.4 is 4.90 Å². The molecular formula is C22H21ClN6O2. The molecule has 4 aromatic rings. The van der Waals surface area contributed by atoms with E-state index >= 15 is 0 Å². The van der Waals surface area contributed by atoms with Crippen LogP contribution in [0.5, 0.6) is 0 Å². The Labute approximate surface area is 184 Å². The van der Waals surface area contributed by atoms with Crippen molar-refractivity contribution in [2.45, 2.75) is 0 Å². The molecule has 0 aliphatic carbocycles. The predicted octanol–water partition coefficient (Wildman–Crippen LogP) is 2.89. The van der Waals surface area contributed by atoms with Crippen molar-refractivity contribution >= 4 is 40.0 Å². The fraction of sp³-hybridized carbons (Fsp3) is 0.273. The van der Waals surface area contributed by atoms with Gasteiger partial charge >= 0.3 is 0 Å². The minimum Gasteiger partial charge on any atom is -0.375 e. The molecule has 0 radical (unpaired) electrons. The second-order valence-corrected chi connectivity index (χ2v) is 7.86. The van der Waals surface area contributed by atoms with Crippen LogP contribution in [0.2, 0.25) is 5.02 Å². The summed E-state index contributed by atoms with van der Waals surface area (Å²) < 4.78 is 6.99. The van der Waals surface area contributed by atoms with Crippen molar-refractivity contribution in [1.29, 1.82) is 0 Å². The first kappa shape index (κ1) is 19.7. The third-order valence-corrected chi connectivity index (χ3v) is 5.73. The van der Waals surface area contributed by atoms with E-state index in [0.29, 0.717) is 31.2 Å². The van der Waals surface area contributed by atoms with Crippen LogP contribution >= 0.6 is 11.6 Å². The van der Waals surface area contributed by atoms with Crippen molar-refractivity contribution in [3.05, 3.63) is 53.6 Å². The van der Waals surface area contributed by atoms with Gasteiger partial charge in [-0.2, -0.15) is 0 Å². The van der Waals surface area contributed by atoms with E-state index < -0.39 is 0 Å². The number of ether oxygens (including phenoxy) is 1. The van der Waals surface area contributed by atoms with Gasteiger partial charge in [0, 0.05) is 49.3 Å². The number of anilines is 1. The highest BCUT2D eigenvalue weighted by Gasteiger charge is 2.26. The molecule has 1 aliphatic rings. The van der Waals surface area contributed by atoms with Crippen molar-refractivity contribution in [2.24, 2.45) is 0 Å². The van der Waals surface area contributed by atoms with Crippen LogP contribution in [0.4, 0.5) is 5.95 Å². The highest BCUT2D eigenvalue weighted by atomic mass is 35.5. The molecule has 8 nitrogen and oxygen atoms in total. The topological polar surface area (TPSA) is 75.9 Å². The zero-order chi connectivity index (χ0) is 21.4. The fourth-order valence-electron chi connectivity index (χ4n) is 3.95. The number of methoxy groups -OCH3 is 1. The van der Waals surface area contributed by atoms with Gasteiger partial charge in [0.05, 0.1) is 5.52 Å². The fourth-order valence-corrected chi connectivity index (χ4v) is 4.12. The molecule has 0 atom stereocenters. The number of hydrogen-bond acceptors (Lipinski definition) is 6. The quantitative estimate of drug-likeness (QED) is 0.489. The van der Waals surface area contributed by atoms with Crippen LogP contribution in [0.3, 0.4) is 0 Å². The Morgan fingerprint density at radius 2 is 1.84 bits per heavy atom. The molecule has 0 unspecified atom stereocenters. The van der Waals surface area contributed by atoms with E-state index in [1.807, 2.05) is 57.8 Å². The highest BCUT2D eigenvalue weighted by molar-refractivity contribution is 6.31. The van der Waals surface area contributed by atoms with Gasteiger partial charge in [0.25, 0.3) is 0 Å². The summed E-state index contributed by atoms with van der Waals surface area (Å²) in [7, 11) is 1.53. The first-order chi connectivity index (χ1) is 15.2. The second kappa shape index (κ2) is 8.13. The van der Waals surface area contributed by atoms with Gasteiger partial charge in [-0.3, -0.25) is 4.79 Å². The molecule has 3 heterocycles. The molecule has 0 bridgehead atoms. The van der Waals surface area contributed by atoms with Gasteiger partial charge in [0.2, 0.25) is 11.9 Å². The predicted molar refractivity (Wildman–Crippen MR) is 119 cm³/mol. The molecule has 31 heavy (non-hydrogen) atoms.